The third-order valence-corrected chi connectivity index (χ3v) is 12.3. The van der Waals surface area contributed by atoms with Gasteiger partial charge in [0, 0.05) is 36.1 Å². The molecular weight excluding hydrogens is 851 g/mol. The van der Waals surface area contributed by atoms with Gasteiger partial charge in [-0.3, -0.25) is 4.98 Å². The number of aryl methyl sites for hydroxylation is 1. The fourth-order valence-corrected chi connectivity index (χ4v) is 8.29. The molecule has 1 aliphatic rings. The van der Waals surface area contributed by atoms with Crippen LogP contribution in [0.25, 0.3) is 61.6 Å². The summed E-state index contributed by atoms with van der Waals surface area (Å²) in [4.78, 5) is 9.56. The molecule has 269 valence electrons. The summed E-state index contributed by atoms with van der Waals surface area (Å²) >= 11 is 0. The molecule has 0 spiro atoms. The van der Waals surface area contributed by atoms with Crippen LogP contribution in [0, 0.1) is 19.0 Å². The third kappa shape index (κ3) is 7.08. The van der Waals surface area contributed by atoms with Gasteiger partial charge < -0.3 is 9.55 Å². The fraction of sp³-hybridized carbons (Fsp3) is 0.143. The molecule has 5 heteroatoms. The Morgan fingerprint density at radius 2 is 1.37 bits per heavy atom. The van der Waals surface area contributed by atoms with E-state index in [2.05, 4.69) is 170 Å². The summed E-state index contributed by atoms with van der Waals surface area (Å²) in [6.45, 7) is 9.36. The Morgan fingerprint density at radius 3 is 2.07 bits per heavy atom. The zero-order chi connectivity index (χ0) is 39.2. The molecule has 0 N–H and O–H groups in total. The van der Waals surface area contributed by atoms with Crippen LogP contribution in [-0.2, 0) is 25.5 Å². The van der Waals surface area contributed by atoms with E-state index in [4.69, 9.17) is 9.10 Å². The van der Waals surface area contributed by atoms with E-state index in [1.807, 2.05) is 18.3 Å². The first-order valence-electron chi connectivity index (χ1n) is 19.6. The van der Waals surface area contributed by atoms with Crippen molar-refractivity contribution in [2.75, 3.05) is 0 Å². The largest absolute Gasteiger partial charge is 0.333 e. The molecule has 54 heavy (non-hydrogen) atoms. The summed E-state index contributed by atoms with van der Waals surface area (Å²) in [6, 6.07) is 56.4. The molecule has 0 saturated carbocycles. The predicted octanol–water partition coefficient (Wildman–Crippen LogP) is 11.9. The molecule has 0 aliphatic heterocycles. The summed E-state index contributed by atoms with van der Waals surface area (Å²) in [6.07, 6.45) is 1.92. The van der Waals surface area contributed by atoms with Gasteiger partial charge in [0.05, 0.1) is 24.9 Å². The van der Waals surface area contributed by atoms with Crippen LogP contribution >= 0.6 is 0 Å². The zero-order valence-corrected chi connectivity index (χ0v) is 34.5. The Bertz CT molecular complexity index is 2610. The minimum Gasteiger partial charge on any atom is -0.333 e. The van der Waals surface area contributed by atoms with E-state index in [1.54, 1.807) is 12.1 Å². The van der Waals surface area contributed by atoms with Gasteiger partial charge in [-0.1, -0.05) is 137 Å². The van der Waals surface area contributed by atoms with Gasteiger partial charge in [-0.15, -0.1) is 64.7 Å². The Hall–Kier alpha value is -5.19. The summed E-state index contributed by atoms with van der Waals surface area (Å²) < 4.78 is 24.3. The average Bonchev–Trinajstić information content (AvgIpc) is 3.70. The number of fused-ring (bicyclic) bond motifs is 4. The smallest absolute Gasteiger partial charge is 0.0795 e. The van der Waals surface area contributed by atoms with Crippen molar-refractivity contribution >= 4 is 24.3 Å². The average molecular weight is 897 g/mol. The summed E-state index contributed by atoms with van der Waals surface area (Å²) in [7, 11) is -1.34. The molecule has 6 aromatic carbocycles. The molecule has 0 unspecified atom stereocenters. The van der Waals surface area contributed by atoms with Crippen LogP contribution in [0.2, 0.25) is 19.6 Å². The third-order valence-electron chi connectivity index (χ3n) is 10.3. The van der Waals surface area contributed by atoms with E-state index >= 15 is 0 Å². The quantitative estimate of drug-likeness (QED) is 0.127. The second-order valence-electron chi connectivity index (χ2n) is 15.2. The van der Waals surface area contributed by atoms with E-state index in [-0.39, 0.29) is 25.5 Å². The topological polar surface area (TPSA) is 30.7 Å². The van der Waals surface area contributed by atoms with Crippen molar-refractivity contribution in [3.8, 4) is 50.6 Å². The summed E-state index contributed by atoms with van der Waals surface area (Å²) in [5.41, 5.74) is 13.8. The van der Waals surface area contributed by atoms with Gasteiger partial charge in [-0.25, -0.2) is 0 Å². The maximum absolute atomic E-state index is 7.35. The summed E-state index contributed by atoms with van der Waals surface area (Å²) in [5, 5.41) is 1.31. The van der Waals surface area contributed by atoms with Crippen molar-refractivity contribution in [3.05, 3.63) is 181 Å². The van der Waals surface area contributed by atoms with Gasteiger partial charge in [-0.05, 0) is 62.8 Å². The van der Waals surface area contributed by atoms with Gasteiger partial charge in [0.25, 0.3) is 0 Å². The number of imidazole rings is 1. The number of para-hydroxylation sites is 2. The van der Waals surface area contributed by atoms with Crippen LogP contribution in [0.5, 0.6) is 0 Å². The first-order valence-corrected chi connectivity index (χ1v) is 21.6. The van der Waals surface area contributed by atoms with Crippen molar-refractivity contribution in [3.63, 3.8) is 0 Å². The monoisotopic (exact) mass is 897 g/mol. The minimum absolute atomic E-state index is 0. The molecule has 0 saturated heterocycles. The van der Waals surface area contributed by atoms with E-state index in [9.17, 15) is 0 Å². The van der Waals surface area contributed by atoms with Gasteiger partial charge >= 0.3 is 0 Å². The van der Waals surface area contributed by atoms with Crippen molar-refractivity contribution in [2.24, 2.45) is 0 Å². The number of benzene rings is 6. The van der Waals surface area contributed by atoms with E-state index in [1.165, 1.54) is 44.6 Å². The molecule has 0 bridgehead atoms. The molecule has 9 rings (SSSR count). The Labute approximate surface area is 338 Å². The van der Waals surface area contributed by atoms with Gasteiger partial charge in [0.15, 0.2) is 0 Å². The number of pyridine rings is 1. The SMILES string of the molecule is CC1(C)c2c[c-]c(-c3nc4ccccc4n3-c3ccc(-c4ccccc4)cc3)cc2-c2ccccc21.[2H]C([2H])([2H])c1c[c-]c(-c2ccc([Si](C)(C)C)cn2)cc1.[Ir]. The van der Waals surface area contributed by atoms with Crippen molar-refractivity contribution in [1.29, 1.82) is 0 Å². The number of hydrogen-bond donors (Lipinski definition) is 0. The minimum atomic E-state index is -2.08. The normalized spacial score (nSPS) is 13.7. The number of aromatic nitrogens is 3. The standard InChI is InChI=1S/C34H25N2.C15H18NSi.Ir/c1-34(2)29-13-7-6-12-27(29)28-22-25(18-21-30(28)34)33-35-31-14-8-9-15-32(31)36(33)26-19-16-24(17-20-26)23-10-4-3-5-11-23;1-12-5-7-13(8-6-12)15-10-9-14(11-16-15)17(2,3)4;/h3-17,19-22H,1-2H3;5-7,9-11H,1-4H3;/q2*-1;/i;1D3;. The van der Waals surface area contributed by atoms with Crippen LogP contribution in [0.3, 0.4) is 0 Å². The molecule has 2 aromatic heterocycles. The van der Waals surface area contributed by atoms with Crippen LogP contribution in [0.15, 0.2) is 152 Å². The van der Waals surface area contributed by atoms with Gasteiger partial charge in [-0.2, -0.15) is 0 Å². The van der Waals surface area contributed by atoms with Gasteiger partial charge in [0.1, 0.15) is 0 Å². The predicted molar refractivity (Wildman–Crippen MR) is 225 cm³/mol. The fourth-order valence-electron chi connectivity index (χ4n) is 7.25. The zero-order valence-electron chi connectivity index (χ0n) is 34.1. The van der Waals surface area contributed by atoms with Gasteiger partial charge in [0.2, 0.25) is 0 Å². The van der Waals surface area contributed by atoms with Crippen molar-refractivity contribution < 1.29 is 24.2 Å². The molecule has 0 fully saturated rings. The molecule has 8 aromatic rings. The van der Waals surface area contributed by atoms with Crippen LogP contribution in [0.1, 0.15) is 34.7 Å². The molecule has 0 amide bonds. The second-order valence-corrected chi connectivity index (χ2v) is 20.3. The van der Waals surface area contributed by atoms with Crippen LogP contribution in [0.4, 0.5) is 0 Å². The molecule has 2 heterocycles. The van der Waals surface area contributed by atoms with Crippen molar-refractivity contribution in [2.45, 2.75) is 45.8 Å². The van der Waals surface area contributed by atoms with Crippen LogP contribution < -0.4 is 5.19 Å². The second kappa shape index (κ2) is 14.9. The maximum Gasteiger partial charge on any atom is 0.0795 e. The molecule has 3 nitrogen and oxygen atoms in total. The molecule has 0 atom stereocenters. The Morgan fingerprint density at radius 1 is 0.667 bits per heavy atom. The number of rotatable bonds is 5. The van der Waals surface area contributed by atoms with Crippen molar-refractivity contribution in [1.82, 2.24) is 14.5 Å². The summed E-state index contributed by atoms with van der Waals surface area (Å²) in [5.74, 6) is 0.911. The van der Waals surface area contributed by atoms with E-state index in [0.717, 1.165) is 39.4 Å². The first-order chi connectivity index (χ1) is 26.8. The van der Waals surface area contributed by atoms with Crippen LogP contribution in [-0.4, -0.2) is 22.6 Å². The van der Waals surface area contributed by atoms with E-state index < -0.39 is 14.9 Å². The van der Waals surface area contributed by atoms with E-state index in [0.29, 0.717) is 5.56 Å². The maximum atomic E-state index is 7.35. The molecular formula is C49H43IrN3Si-2. The number of nitrogens with zero attached hydrogens (tertiary/aromatic N) is 3. The Balaban J connectivity index is 0.000000202. The number of hydrogen-bond acceptors (Lipinski definition) is 2. The first kappa shape index (κ1) is 33.4. The molecule has 1 aliphatic carbocycles. The molecule has 1 radical (unpaired) electrons. The Kier molecular flexibility index (Phi) is 9.22.